The predicted molar refractivity (Wildman–Crippen MR) is 116 cm³/mol. The number of nitrogens with one attached hydrogen (secondary N) is 2. The number of nitrogens with zero attached hydrogens (tertiary/aromatic N) is 4. The Morgan fingerprint density at radius 2 is 2.03 bits per heavy atom. The van der Waals surface area contributed by atoms with Gasteiger partial charge in [0.2, 0.25) is 11.1 Å². The lowest BCUT2D eigenvalue weighted by atomic mass is 10.1. The number of hydrogen-bond donors (Lipinski definition) is 2. The third kappa shape index (κ3) is 4.46. The van der Waals surface area contributed by atoms with Crippen molar-refractivity contribution in [2.24, 2.45) is 0 Å². The topological polar surface area (TPSA) is 101 Å². The summed E-state index contributed by atoms with van der Waals surface area (Å²) in [7, 11) is 0. The monoisotopic (exact) mass is 424 g/mol. The van der Waals surface area contributed by atoms with E-state index in [4.69, 9.17) is 0 Å². The molecule has 1 aliphatic rings. The van der Waals surface area contributed by atoms with E-state index < -0.39 is 0 Å². The summed E-state index contributed by atoms with van der Waals surface area (Å²) in [6, 6.07) is 7.32. The number of fused-ring (bicyclic) bond motifs is 1. The van der Waals surface area contributed by atoms with Gasteiger partial charge in [-0.1, -0.05) is 17.8 Å². The van der Waals surface area contributed by atoms with E-state index in [1.165, 1.54) is 11.8 Å². The van der Waals surface area contributed by atoms with Crippen molar-refractivity contribution in [1.29, 1.82) is 0 Å². The molecule has 0 unspecified atom stereocenters. The van der Waals surface area contributed by atoms with Crippen LogP contribution in [0.2, 0.25) is 0 Å². The van der Waals surface area contributed by atoms with Crippen LogP contribution in [0.3, 0.4) is 0 Å². The first-order chi connectivity index (χ1) is 14.4. The molecule has 30 heavy (non-hydrogen) atoms. The zero-order valence-electron chi connectivity index (χ0n) is 17.2. The molecule has 0 bridgehead atoms. The maximum absolute atomic E-state index is 12.5. The molecule has 4 rings (SSSR count). The van der Waals surface area contributed by atoms with Crippen LogP contribution in [-0.2, 0) is 11.2 Å². The van der Waals surface area contributed by atoms with E-state index >= 15 is 0 Å². The van der Waals surface area contributed by atoms with Crippen molar-refractivity contribution in [3.8, 4) is 0 Å². The lowest BCUT2D eigenvalue weighted by molar-refractivity contribution is -0.116. The van der Waals surface area contributed by atoms with Gasteiger partial charge in [-0.2, -0.15) is 4.98 Å². The second-order valence-corrected chi connectivity index (χ2v) is 8.22. The van der Waals surface area contributed by atoms with Gasteiger partial charge in [-0.25, -0.2) is 9.50 Å². The fourth-order valence-corrected chi connectivity index (χ4v) is 3.67. The van der Waals surface area contributed by atoms with E-state index in [9.17, 15) is 9.59 Å². The van der Waals surface area contributed by atoms with Gasteiger partial charge in [0.05, 0.1) is 0 Å². The minimum Gasteiger partial charge on any atom is -0.349 e. The molecule has 1 saturated carbocycles. The van der Waals surface area contributed by atoms with Crippen molar-refractivity contribution >= 4 is 35.0 Å². The third-order valence-corrected chi connectivity index (χ3v) is 5.67. The Morgan fingerprint density at radius 3 is 2.77 bits per heavy atom. The number of anilines is 1. The van der Waals surface area contributed by atoms with Crippen molar-refractivity contribution in [1.82, 2.24) is 24.9 Å². The van der Waals surface area contributed by atoms with Crippen LogP contribution < -0.4 is 10.6 Å². The van der Waals surface area contributed by atoms with Crippen LogP contribution in [0.25, 0.3) is 5.78 Å². The van der Waals surface area contributed by atoms with Gasteiger partial charge in [-0.3, -0.25) is 9.59 Å². The van der Waals surface area contributed by atoms with Gasteiger partial charge < -0.3 is 10.6 Å². The number of aryl methyl sites for hydroxylation is 2. The number of carbonyl (C=O) groups is 2. The van der Waals surface area contributed by atoms with Crippen LogP contribution in [0.15, 0.2) is 29.4 Å². The molecule has 0 spiro atoms. The lowest BCUT2D eigenvalue weighted by Gasteiger charge is -2.11. The number of amides is 2. The molecule has 1 fully saturated rings. The molecule has 1 aromatic carbocycles. The van der Waals surface area contributed by atoms with Crippen molar-refractivity contribution in [2.75, 3.05) is 11.6 Å². The first-order valence-electron chi connectivity index (χ1n) is 9.92. The Hall–Kier alpha value is -2.94. The quantitative estimate of drug-likeness (QED) is 0.566. The molecule has 9 heteroatoms. The highest BCUT2D eigenvalue weighted by Gasteiger charge is 2.23. The van der Waals surface area contributed by atoms with Crippen molar-refractivity contribution in [3.05, 3.63) is 46.8 Å². The van der Waals surface area contributed by atoms with Gasteiger partial charge in [-0.15, -0.1) is 5.10 Å². The summed E-state index contributed by atoms with van der Waals surface area (Å²) >= 11 is 1.47. The summed E-state index contributed by atoms with van der Waals surface area (Å²) in [6.45, 7) is 3.89. The van der Waals surface area contributed by atoms with Gasteiger partial charge in [-0.05, 0) is 63.1 Å². The fraction of sp³-hybridized carbons (Fsp3) is 0.381. The molecule has 0 radical (unpaired) electrons. The summed E-state index contributed by atoms with van der Waals surface area (Å²) in [4.78, 5) is 33.6. The van der Waals surface area contributed by atoms with Crippen LogP contribution in [-0.4, -0.2) is 43.7 Å². The van der Waals surface area contributed by atoms with Crippen LogP contribution in [0.1, 0.15) is 46.6 Å². The molecule has 8 nitrogen and oxygen atoms in total. The zero-order chi connectivity index (χ0) is 21.3. The van der Waals surface area contributed by atoms with Crippen molar-refractivity contribution in [2.45, 2.75) is 50.7 Å². The minimum absolute atomic E-state index is 0.100. The average Bonchev–Trinajstić information content (AvgIpc) is 3.44. The first kappa shape index (κ1) is 20.3. The summed E-state index contributed by atoms with van der Waals surface area (Å²) in [5.41, 5.74) is 3.96. The van der Waals surface area contributed by atoms with Crippen molar-refractivity contribution < 1.29 is 9.59 Å². The van der Waals surface area contributed by atoms with Gasteiger partial charge in [0.25, 0.3) is 11.7 Å². The second kappa shape index (κ2) is 8.43. The summed E-state index contributed by atoms with van der Waals surface area (Å²) in [5.74, 6) is 0.359. The molecule has 3 aromatic rings. The Balaban J connectivity index is 1.42. The van der Waals surface area contributed by atoms with E-state index in [0.717, 1.165) is 29.8 Å². The highest BCUT2D eigenvalue weighted by atomic mass is 32.2. The predicted octanol–water partition coefficient (Wildman–Crippen LogP) is 2.93. The van der Waals surface area contributed by atoms with E-state index in [2.05, 4.69) is 25.7 Å². The summed E-state index contributed by atoms with van der Waals surface area (Å²) in [5, 5.41) is 11.0. The maximum atomic E-state index is 12.5. The number of thioether (sulfide) groups is 1. The summed E-state index contributed by atoms with van der Waals surface area (Å²) < 4.78 is 1.73. The number of carbonyl (C=O) groups excluding carboxylic acids is 2. The molecular formula is C21H24N6O2S. The third-order valence-electron chi connectivity index (χ3n) is 5.14. The van der Waals surface area contributed by atoms with E-state index in [1.807, 2.05) is 20.1 Å². The first-order valence-corrected chi connectivity index (χ1v) is 11.1. The molecule has 2 aromatic heterocycles. The SMILES string of the molecule is CSc1nc2nc(C)c(CCC(=O)Nc3cccc(C(=O)NC4CC4)c3)c(C)n2n1. The Bertz CT molecular complexity index is 1120. The normalized spacial score (nSPS) is 13.4. The van der Waals surface area contributed by atoms with Gasteiger partial charge >= 0.3 is 0 Å². The Morgan fingerprint density at radius 1 is 1.23 bits per heavy atom. The fourth-order valence-electron chi connectivity index (χ4n) is 3.33. The number of benzene rings is 1. The smallest absolute Gasteiger partial charge is 0.253 e. The lowest BCUT2D eigenvalue weighted by Crippen LogP contribution is -2.25. The van der Waals surface area contributed by atoms with Crippen LogP contribution in [0, 0.1) is 13.8 Å². The van der Waals surface area contributed by atoms with E-state index in [0.29, 0.717) is 41.1 Å². The molecule has 2 N–H and O–H groups in total. The van der Waals surface area contributed by atoms with Gasteiger partial charge in [0.15, 0.2) is 0 Å². The van der Waals surface area contributed by atoms with Crippen LogP contribution in [0.4, 0.5) is 5.69 Å². The Kier molecular flexibility index (Phi) is 5.72. The molecule has 0 atom stereocenters. The second-order valence-electron chi connectivity index (χ2n) is 7.45. The Labute approximate surface area is 178 Å². The molecule has 2 amide bonds. The van der Waals surface area contributed by atoms with Gasteiger partial charge in [0, 0.05) is 35.1 Å². The maximum Gasteiger partial charge on any atom is 0.253 e. The summed E-state index contributed by atoms with van der Waals surface area (Å²) in [6.07, 6.45) is 4.84. The van der Waals surface area contributed by atoms with Crippen LogP contribution >= 0.6 is 11.8 Å². The molecule has 0 aliphatic heterocycles. The highest BCUT2D eigenvalue weighted by molar-refractivity contribution is 7.98. The molecular weight excluding hydrogens is 400 g/mol. The molecule has 0 saturated heterocycles. The average molecular weight is 425 g/mol. The van der Waals surface area contributed by atoms with Gasteiger partial charge in [0.1, 0.15) is 0 Å². The molecule has 2 heterocycles. The largest absolute Gasteiger partial charge is 0.349 e. The van der Waals surface area contributed by atoms with Crippen molar-refractivity contribution in [3.63, 3.8) is 0 Å². The zero-order valence-corrected chi connectivity index (χ0v) is 18.0. The standard InChI is InChI=1S/C21H24N6O2S/c1-12-17(13(2)27-20(22-12)25-21(26-27)30-3)9-10-18(28)23-16-6-4-5-14(11-16)19(29)24-15-7-8-15/h4-6,11,15H,7-10H2,1-3H3,(H,23,28)(H,24,29). The molecule has 156 valence electrons. The highest BCUT2D eigenvalue weighted by Crippen LogP contribution is 2.21. The number of hydrogen-bond acceptors (Lipinski definition) is 6. The number of rotatable bonds is 7. The van der Waals surface area contributed by atoms with E-state index in [1.54, 1.807) is 28.8 Å². The van der Waals surface area contributed by atoms with Crippen LogP contribution in [0.5, 0.6) is 0 Å². The number of aromatic nitrogens is 4. The minimum atomic E-state index is -0.114. The van der Waals surface area contributed by atoms with E-state index in [-0.39, 0.29) is 11.8 Å². The molecule has 1 aliphatic carbocycles.